The third kappa shape index (κ3) is 2.44. The van der Waals surface area contributed by atoms with Gasteiger partial charge in [0.2, 0.25) is 5.91 Å². The highest BCUT2D eigenvalue weighted by atomic mass is 16.4. The van der Waals surface area contributed by atoms with Crippen molar-refractivity contribution in [1.29, 1.82) is 0 Å². The zero-order valence-corrected chi connectivity index (χ0v) is 7.80. The highest BCUT2D eigenvalue weighted by molar-refractivity contribution is 5.80. The second kappa shape index (κ2) is 3.77. The van der Waals surface area contributed by atoms with E-state index in [1.165, 1.54) is 0 Å². The topological polar surface area (TPSA) is 66.4 Å². The normalized spacial score (nSPS) is 17.9. The highest BCUT2D eigenvalue weighted by Crippen LogP contribution is 2.49. The van der Waals surface area contributed by atoms with Gasteiger partial charge in [-0.15, -0.1) is 0 Å². The number of hydrogen-bond donors (Lipinski definition) is 2. The molecule has 0 aromatic carbocycles. The summed E-state index contributed by atoms with van der Waals surface area (Å²) in [5.74, 6) is -0.799. The van der Waals surface area contributed by atoms with E-state index in [2.05, 4.69) is 5.32 Å². The molecule has 4 nitrogen and oxygen atoms in total. The van der Waals surface area contributed by atoms with Crippen molar-refractivity contribution in [2.45, 2.75) is 32.6 Å². The average molecular weight is 185 g/mol. The smallest absolute Gasteiger partial charge is 0.309 e. The summed E-state index contributed by atoms with van der Waals surface area (Å²) in [6.07, 6.45) is 2.26. The fourth-order valence-corrected chi connectivity index (χ4v) is 1.36. The molecular weight excluding hydrogens is 170 g/mol. The van der Waals surface area contributed by atoms with Crippen LogP contribution >= 0.6 is 0 Å². The van der Waals surface area contributed by atoms with E-state index < -0.39 is 11.4 Å². The standard InChI is InChI=1S/C9H15NO3/c1-2-10-7(11)3-4-9(5-6-9)8(12)13/h2-6H2,1H3,(H,10,11)(H,12,13). The summed E-state index contributed by atoms with van der Waals surface area (Å²) in [5.41, 5.74) is -0.564. The number of rotatable bonds is 5. The summed E-state index contributed by atoms with van der Waals surface area (Å²) < 4.78 is 0. The molecule has 4 heteroatoms. The molecule has 1 saturated carbocycles. The van der Waals surface area contributed by atoms with E-state index in [9.17, 15) is 9.59 Å². The summed E-state index contributed by atoms with van der Waals surface area (Å²) in [6.45, 7) is 2.46. The number of hydrogen-bond acceptors (Lipinski definition) is 2. The fraction of sp³-hybridized carbons (Fsp3) is 0.778. The van der Waals surface area contributed by atoms with E-state index in [0.29, 0.717) is 19.4 Å². The van der Waals surface area contributed by atoms with Crippen LogP contribution in [0.5, 0.6) is 0 Å². The molecule has 0 aliphatic heterocycles. The summed E-state index contributed by atoms with van der Waals surface area (Å²) in [7, 11) is 0. The van der Waals surface area contributed by atoms with Crippen molar-refractivity contribution in [2.75, 3.05) is 6.54 Å². The van der Waals surface area contributed by atoms with Crippen molar-refractivity contribution in [3.63, 3.8) is 0 Å². The van der Waals surface area contributed by atoms with Crippen molar-refractivity contribution in [3.8, 4) is 0 Å². The van der Waals surface area contributed by atoms with Crippen LogP contribution < -0.4 is 5.32 Å². The molecule has 0 spiro atoms. The number of amides is 1. The maximum absolute atomic E-state index is 11.0. The Hall–Kier alpha value is -1.06. The largest absolute Gasteiger partial charge is 0.481 e. The minimum absolute atomic E-state index is 0.0463. The Morgan fingerprint density at radius 3 is 2.46 bits per heavy atom. The number of carbonyl (C=O) groups excluding carboxylic acids is 1. The molecule has 2 N–H and O–H groups in total. The Balaban J connectivity index is 2.26. The molecule has 0 radical (unpaired) electrons. The van der Waals surface area contributed by atoms with Gasteiger partial charge in [-0.05, 0) is 26.2 Å². The molecule has 0 aromatic heterocycles. The highest BCUT2D eigenvalue weighted by Gasteiger charge is 2.49. The minimum Gasteiger partial charge on any atom is -0.481 e. The Morgan fingerprint density at radius 1 is 1.46 bits per heavy atom. The third-order valence-corrected chi connectivity index (χ3v) is 2.51. The Bertz CT molecular complexity index is 221. The summed E-state index contributed by atoms with van der Waals surface area (Å²) >= 11 is 0. The van der Waals surface area contributed by atoms with E-state index in [-0.39, 0.29) is 5.91 Å². The van der Waals surface area contributed by atoms with Crippen LogP contribution in [0.2, 0.25) is 0 Å². The molecule has 0 heterocycles. The van der Waals surface area contributed by atoms with Gasteiger partial charge in [0.15, 0.2) is 0 Å². The van der Waals surface area contributed by atoms with Gasteiger partial charge in [-0.25, -0.2) is 0 Å². The van der Waals surface area contributed by atoms with Crippen molar-refractivity contribution in [2.24, 2.45) is 5.41 Å². The molecule has 1 fully saturated rings. The van der Waals surface area contributed by atoms with Crippen LogP contribution in [0.1, 0.15) is 32.6 Å². The van der Waals surface area contributed by atoms with E-state index in [1.54, 1.807) is 0 Å². The van der Waals surface area contributed by atoms with Gasteiger partial charge in [0.1, 0.15) is 0 Å². The second-order valence-corrected chi connectivity index (χ2v) is 3.54. The van der Waals surface area contributed by atoms with E-state index >= 15 is 0 Å². The lowest BCUT2D eigenvalue weighted by Crippen LogP contribution is -2.25. The van der Waals surface area contributed by atoms with Crippen LogP contribution in [0.3, 0.4) is 0 Å². The molecule has 1 amide bonds. The molecule has 74 valence electrons. The first-order valence-corrected chi connectivity index (χ1v) is 4.61. The van der Waals surface area contributed by atoms with Gasteiger partial charge in [-0.1, -0.05) is 0 Å². The maximum Gasteiger partial charge on any atom is 0.309 e. The SMILES string of the molecule is CCNC(=O)CCC1(C(=O)O)CC1. The quantitative estimate of drug-likeness (QED) is 0.664. The van der Waals surface area contributed by atoms with Crippen LogP contribution in [0.15, 0.2) is 0 Å². The lowest BCUT2D eigenvalue weighted by molar-refractivity contribution is -0.143. The summed E-state index contributed by atoms with van der Waals surface area (Å²) in [5, 5.41) is 11.5. The molecule has 1 rings (SSSR count). The zero-order valence-electron chi connectivity index (χ0n) is 7.80. The first-order chi connectivity index (χ1) is 6.10. The van der Waals surface area contributed by atoms with Crippen LogP contribution in [0, 0.1) is 5.41 Å². The van der Waals surface area contributed by atoms with E-state index in [1.807, 2.05) is 6.92 Å². The molecular formula is C9H15NO3. The maximum atomic E-state index is 11.0. The van der Waals surface area contributed by atoms with Gasteiger partial charge in [0, 0.05) is 13.0 Å². The Kier molecular flexibility index (Phi) is 2.90. The zero-order chi connectivity index (χ0) is 9.90. The molecule has 0 saturated heterocycles. The predicted octanol–water partition coefficient (Wildman–Crippen LogP) is 0.767. The monoisotopic (exact) mass is 185 g/mol. The molecule has 1 aliphatic carbocycles. The summed E-state index contributed by atoms with van der Waals surface area (Å²) in [6, 6.07) is 0. The van der Waals surface area contributed by atoms with Gasteiger partial charge in [-0.2, -0.15) is 0 Å². The molecule has 0 atom stereocenters. The number of carboxylic acid groups (broad SMARTS) is 1. The van der Waals surface area contributed by atoms with E-state index in [4.69, 9.17) is 5.11 Å². The lowest BCUT2D eigenvalue weighted by atomic mass is 10.0. The predicted molar refractivity (Wildman–Crippen MR) is 47.2 cm³/mol. The molecule has 13 heavy (non-hydrogen) atoms. The average Bonchev–Trinajstić information content (AvgIpc) is 2.82. The van der Waals surface area contributed by atoms with Crippen LogP contribution in [-0.2, 0) is 9.59 Å². The van der Waals surface area contributed by atoms with Crippen LogP contribution in [0.25, 0.3) is 0 Å². The van der Waals surface area contributed by atoms with Crippen LogP contribution in [0.4, 0.5) is 0 Å². The molecule has 0 unspecified atom stereocenters. The molecule has 0 aromatic rings. The fourth-order valence-electron chi connectivity index (χ4n) is 1.36. The van der Waals surface area contributed by atoms with Gasteiger partial charge >= 0.3 is 5.97 Å². The van der Waals surface area contributed by atoms with Gasteiger partial charge in [0.05, 0.1) is 5.41 Å². The lowest BCUT2D eigenvalue weighted by Gasteiger charge is -2.08. The number of nitrogens with one attached hydrogen (secondary N) is 1. The molecule has 1 aliphatic rings. The minimum atomic E-state index is -0.753. The number of carbonyl (C=O) groups is 2. The second-order valence-electron chi connectivity index (χ2n) is 3.54. The third-order valence-electron chi connectivity index (χ3n) is 2.51. The van der Waals surface area contributed by atoms with Crippen molar-refractivity contribution in [1.82, 2.24) is 5.32 Å². The Morgan fingerprint density at radius 2 is 2.08 bits per heavy atom. The van der Waals surface area contributed by atoms with Crippen molar-refractivity contribution < 1.29 is 14.7 Å². The van der Waals surface area contributed by atoms with Gasteiger partial charge in [-0.3, -0.25) is 9.59 Å². The first-order valence-electron chi connectivity index (χ1n) is 4.61. The van der Waals surface area contributed by atoms with Gasteiger partial charge < -0.3 is 10.4 Å². The van der Waals surface area contributed by atoms with Crippen LogP contribution in [-0.4, -0.2) is 23.5 Å². The Labute approximate surface area is 77.3 Å². The van der Waals surface area contributed by atoms with Crippen molar-refractivity contribution in [3.05, 3.63) is 0 Å². The van der Waals surface area contributed by atoms with Crippen molar-refractivity contribution >= 4 is 11.9 Å². The van der Waals surface area contributed by atoms with E-state index in [0.717, 1.165) is 12.8 Å². The molecule has 0 bridgehead atoms. The first kappa shape index (κ1) is 10.0. The number of aliphatic carboxylic acids is 1. The summed E-state index contributed by atoms with van der Waals surface area (Å²) in [4.78, 5) is 21.8. The number of carboxylic acids is 1. The van der Waals surface area contributed by atoms with Gasteiger partial charge in [0.25, 0.3) is 0 Å².